The summed E-state index contributed by atoms with van der Waals surface area (Å²) in [6.45, 7) is 6.28. The lowest BCUT2D eigenvalue weighted by Gasteiger charge is -2.17. The fourth-order valence-corrected chi connectivity index (χ4v) is 2.01. The topological polar surface area (TPSA) is 30.2 Å². The van der Waals surface area contributed by atoms with Crippen molar-refractivity contribution in [1.29, 1.82) is 0 Å². The Morgan fingerprint density at radius 2 is 2.00 bits per heavy atom. The molecule has 0 saturated heterocycles. The molecule has 0 unspecified atom stereocenters. The Morgan fingerprint density at radius 3 is 2.65 bits per heavy atom. The quantitative estimate of drug-likeness (QED) is 0.765. The minimum absolute atomic E-state index is 0.0173. The Morgan fingerprint density at radius 1 is 1.29 bits per heavy atom. The first kappa shape index (κ1) is 12.2. The van der Waals surface area contributed by atoms with Gasteiger partial charge in [-0.3, -0.25) is 4.79 Å². The first-order valence-electron chi connectivity index (χ1n) is 5.57. The zero-order valence-electron chi connectivity index (χ0n) is 10.2. The second kappa shape index (κ2) is 4.19. The summed E-state index contributed by atoms with van der Waals surface area (Å²) in [5.41, 5.74) is 1.36. The van der Waals surface area contributed by atoms with Crippen LogP contribution in [-0.4, -0.2) is 0 Å². The Kier molecular flexibility index (Phi) is 3.00. The van der Waals surface area contributed by atoms with Crippen LogP contribution in [0.15, 0.2) is 33.7 Å². The van der Waals surface area contributed by atoms with Gasteiger partial charge in [-0.05, 0) is 30.0 Å². The number of halogens is 1. The van der Waals surface area contributed by atoms with Gasteiger partial charge < -0.3 is 4.42 Å². The summed E-state index contributed by atoms with van der Waals surface area (Å²) >= 11 is 5.90. The maximum atomic E-state index is 12.2. The molecule has 0 radical (unpaired) electrons. The molecule has 1 heterocycles. The van der Waals surface area contributed by atoms with E-state index >= 15 is 0 Å². The van der Waals surface area contributed by atoms with Gasteiger partial charge in [0, 0.05) is 10.6 Å². The van der Waals surface area contributed by atoms with Crippen LogP contribution in [0.3, 0.4) is 0 Å². The van der Waals surface area contributed by atoms with E-state index in [4.69, 9.17) is 16.0 Å². The molecule has 0 N–H and O–H groups in total. The fourth-order valence-electron chi connectivity index (χ4n) is 1.84. The molecule has 1 aromatic carbocycles. The molecule has 2 rings (SSSR count). The van der Waals surface area contributed by atoms with Crippen molar-refractivity contribution in [2.24, 2.45) is 5.41 Å². The summed E-state index contributed by atoms with van der Waals surface area (Å²) in [5.74, 6) is 0. The highest BCUT2D eigenvalue weighted by atomic mass is 35.5. The zero-order valence-corrected chi connectivity index (χ0v) is 11.0. The molecule has 0 atom stereocenters. The summed E-state index contributed by atoms with van der Waals surface area (Å²) < 4.78 is 5.47. The van der Waals surface area contributed by atoms with Crippen LogP contribution in [0.4, 0.5) is 0 Å². The molecule has 1 aromatic heterocycles. The molecule has 0 aliphatic carbocycles. The van der Waals surface area contributed by atoms with E-state index in [1.165, 1.54) is 0 Å². The highest BCUT2D eigenvalue weighted by Crippen LogP contribution is 2.22. The van der Waals surface area contributed by atoms with Crippen molar-refractivity contribution in [1.82, 2.24) is 0 Å². The molecule has 0 spiro atoms. The van der Waals surface area contributed by atoms with Crippen molar-refractivity contribution < 1.29 is 4.42 Å². The summed E-state index contributed by atoms with van der Waals surface area (Å²) in [6.07, 6.45) is 2.25. The summed E-state index contributed by atoms with van der Waals surface area (Å²) in [6, 6.07) is 5.10. The fraction of sp³-hybridized carbons (Fsp3) is 0.357. The minimum Gasteiger partial charge on any atom is -0.464 e. The largest absolute Gasteiger partial charge is 0.464 e. The number of benzene rings is 1. The summed E-state index contributed by atoms with van der Waals surface area (Å²) in [4.78, 5) is 12.2. The maximum Gasteiger partial charge on any atom is 0.195 e. The predicted octanol–water partition coefficient (Wildman–Crippen LogP) is 4.04. The van der Waals surface area contributed by atoms with E-state index in [-0.39, 0.29) is 10.8 Å². The Balaban J connectivity index is 2.61. The number of hydrogen-bond acceptors (Lipinski definition) is 2. The lowest BCUT2D eigenvalue weighted by molar-refractivity contribution is 0.405. The van der Waals surface area contributed by atoms with Crippen molar-refractivity contribution in [3.05, 3.63) is 45.3 Å². The van der Waals surface area contributed by atoms with Gasteiger partial charge in [-0.25, -0.2) is 0 Å². The lowest BCUT2D eigenvalue weighted by Crippen LogP contribution is -2.17. The molecule has 90 valence electrons. The molecule has 0 aliphatic rings. The maximum absolute atomic E-state index is 12.2. The van der Waals surface area contributed by atoms with Gasteiger partial charge in [0.25, 0.3) is 0 Å². The molecule has 17 heavy (non-hydrogen) atoms. The van der Waals surface area contributed by atoms with Crippen LogP contribution in [0.2, 0.25) is 5.02 Å². The second-order valence-corrected chi connectivity index (χ2v) is 5.90. The number of fused-ring (bicyclic) bond motifs is 1. The smallest absolute Gasteiger partial charge is 0.195 e. The SMILES string of the molecule is CC(C)(C)Cc1coc2ccc(Cl)cc2c1=O. The zero-order chi connectivity index (χ0) is 12.6. The van der Waals surface area contributed by atoms with E-state index in [1.807, 2.05) is 0 Å². The predicted molar refractivity (Wildman–Crippen MR) is 70.7 cm³/mol. The van der Waals surface area contributed by atoms with Gasteiger partial charge in [-0.2, -0.15) is 0 Å². The van der Waals surface area contributed by atoms with Crippen molar-refractivity contribution in [2.45, 2.75) is 27.2 Å². The van der Waals surface area contributed by atoms with E-state index < -0.39 is 0 Å². The average Bonchev–Trinajstić information content (AvgIpc) is 2.21. The normalized spacial score (nSPS) is 12.0. The summed E-state index contributed by atoms with van der Waals surface area (Å²) in [7, 11) is 0. The van der Waals surface area contributed by atoms with Crippen LogP contribution in [0.5, 0.6) is 0 Å². The minimum atomic E-state index is 0.0173. The lowest BCUT2D eigenvalue weighted by atomic mass is 9.88. The van der Waals surface area contributed by atoms with Gasteiger partial charge in [-0.15, -0.1) is 0 Å². The van der Waals surface area contributed by atoms with E-state index in [1.54, 1.807) is 24.5 Å². The molecule has 2 aromatic rings. The Bertz CT molecular complexity index is 606. The number of hydrogen-bond donors (Lipinski definition) is 0. The van der Waals surface area contributed by atoms with E-state index in [9.17, 15) is 4.79 Å². The molecular formula is C14H15ClO2. The third-order valence-electron chi connectivity index (χ3n) is 2.53. The van der Waals surface area contributed by atoms with Crippen LogP contribution < -0.4 is 5.43 Å². The van der Waals surface area contributed by atoms with E-state index in [0.717, 1.165) is 0 Å². The first-order valence-corrected chi connectivity index (χ1v) is 5.94. The van der Waals surface area contributed by atoms with Gasteiger partial charge in [0.15, 0.2) is 5.43 Å². The molecule has 3 heteroatoms. The highest BCUT2D eigenvalue weighted by Gasteiger charge is 2.15. The van der Waals surface area contributed by atoms with Gasteiger partial charge >= 0.3 is 0 Å². The molecule has 0 aliphatic heterocycles. The van der Waals surface area contributed by atoms with E-state index in [0.29, 0.717) is 28.0 Å². The third kappa shape index (κ3) is 2.70. The molecule has 0 bridgehead atoms. The summed E-state index contributed by atoms with van der Waals surface area (Å²) in [5, 5.41) is 1.11. The Hall–Kier alpha value is -1.28. The Labute approximate surface area is 105 Å². The van der Waals surface area contributed by atoms with Gasteiger partial charge in [-0.1, -0.05) is 32.4 Å². The average molecular weight is 251 g/mol. The van der Waals surface area contributed by atoms with Crippen LogP contribution in [0.1, 0.15) is 26.3 Å². The van der Waals surface area contributed by atoms with Crippen molar-refractivity contribution in [2.75, 3.05) is 0 Å². The first-order chi connectivity index (χ1) is 7.87. The molecule has 0 amide bonds. The standard InChI is InChI=1S/C14H15ClO2/c1-14(2,3)7-9-8-17-12-5-4-10(15)6-11(12)13(9)16/h4-6,8H,7H2,1-3H3. The van der Waals surface area contributed by atoms with Crippen LogP contribution in [0.25, 0.3) is 11.0 Å². The van der Waals surface area contributed by atoms with Crippen LogP contribution in [-0.2, 0) is 6.42 Å². The van der Waals surface area contributed by atoms with Gasteiger partial charge in [0.05, 0.1) is 11.6 Å². The number of rotatable bonds is 1. The third-order valence-corrected chi connectivity index (χ3v) is 2.76. The van der Waals surface area contributed by atoms with E-state index in [2.05, 4.69) is 20.8 Å². The monoisotopic (exact) mass is 250 g/mol. The second-order valence-electron chi connectivity index (χ2n) is 5.47. The molecular weight excluding hydrogens is 236 g/mol. The van der Waals surface area contributed by atoms with Crippen LogP contribution in [0, 0.1) is 5.41 Å². The van der Waals surface area contributed by atoms with Crippen LogP contribution >= 0.6 is 11.6 Å². The van der Waals surface area contributed by atoms with Gasteiger partial charge in [0.2, 0.25) is 0 Å². The molecule has 0 saturated carbocycles. The van der Waals surface area contributed by atoms with Crippen molar-refractivity contribution in [3.63, 3.8) is 0 Å². The van der Waals surface area contributed by atoms with Crippen molar-refractivity contribution in [3.8, 4) is 0 Å². The highest BCUT2D eigenvalue weighted by molar-refractivity contribution is 6.31. The molecule has 0 fully saturated rings. The molecule has 2 nitrogen and oxygen atoms in total. The van der Waals surface area contributed by atoms with Crippen molar-refractivity contribution >= 4 is 22.6 Å². The van der Waals surface area contributed by atoms with Gasteiger partial charge in [0.1, 0.15) is 5.58 Å².